The van der Waals surface area contributed by atoms with E-state index < -0.39 is 10.8 Å². The van der Waals surface area contributed by atoms with Gasteiger partial charge < -0.3 is 9.64 Å². The van der Waals surface area contributed by atoms with Gasteiger partial charge in [-0.15, -0.1) is 11.6 Å². The molecule has 0 spiro atoms. The fourth-order valence-corrected chi connectivity index (χ4v) is 2.46. The lowest BCUT2D eigenvalue weighted by Gasteiger charge is -2.34. The minimum absolute atomic E-state index is 0.0106. The quantitative estimate of drug-likeness (QED) is 0.487. The largest absolute Gasteiger partial charge is 0.377 e. The third-order valence-electron chi connectivity index (χ3n) is 3.05. The van der Waals surface area contributed by atoms with Crippen LogP contribution in [0.15, 0.2) is 18.2 Å². The first-order valence-electron chi connectivity index (χ1n) is 5.93. The fraction of sp³-hybridized carbons (Fsp3) is 0.417. The number of benzene rings is 1. The van der Waals surface area contributed by atoms with Crippen LogP contribution < -0.4 is 0 Å². The number of carbonyl (C=O) groups is 1. The lowest BCUT2D eigenvalue weighted by Crippen LogP contribution is -2.49. The van der Waals surface area contributed by atoms with Crippen molar-refractivity contribution < 1.29 is 14.5 Å². The third-order valence-corrected chi connectivity index (χ3v) is 3.64. The highest BCUT2D eigenvalue weighted by molar-refractivity contribution is 6.31. The van der Waals surface area contributed by atoms with Gasteiger partial charge in [-0.1, -0.05) is 11.6 Å². The van der Waals surface area contributed by atoms with E-state index >= 15 is 0 Å². The Morgan fingerprint density at radius 3 is 2.95 bits per heavy atom. The van der Waals surface area contributed by atoms with Crippen molar-refractivity contribution >= 4 is 34.8 Å². The van der Waals surface area contributed by atoms with Crippen LogP contribution in [0.3, 0.4) is 0 Å². The van der Waals surface area contributed by atoms with Gasteiger partial charge in [0.05, 0.1) is 24.2 Å². The standard InChI is InChI=1S/C12H12Cl2N2O4/c13-6-9-7-20-4-3-15(9)12(17)10-2-1-8(14)5-11(10)16(18)19/h1-2,5,9H,3-4,6-7H2. The first-order chi connectivity index (χ1) is 9.54. The molecule has 1 aliphatic heterocycles. The van der Waals surface area contributed by atoms with E-state index in [1.54, 1.807) is 0 Å². The Kier molecular flexibility index (Phi) is 4.80. The van der Waals surface area contributed by atoms with Crippen LogP contribution in [0.4, 0.5) is 5.69 Å². The predicted molar refractivity (Wildman–Crippen MR) is 74.5 cm³/mol. The number of nitro groups is 1. The van der Waals surface area contributed by atoms with Gasteiger partial charge in [0.25, 0.3) is 11.6 Å². The molecule has 0 radical (unpaired) electrons. The second-order valence-electron chi connectivity index (χ2n) is 4.30. The van der Waals surface area contributed by atoms with Crippen LogP contribution in [0, 0.1) is 10.1 Å². The molecule has 1 saturated heterocycles. The average molecular weight is 319 g/mol. The predicted octanol–water partition coefficient (Wildman–Crippen LogP) is 2.33. The number of nitrogens with zero attached hydrogens (tertiary/aromatic N) is 2. The van der Waals surface area contributed by atoms with Crippen molar-refractivity contribution in [3.05, 3.63) is 38.9 Å². The molecule has 0 N–H and O–H groups in total. The van der Waals surface area contributed by atoms with Gasteiger partial charge in [0.15, 0.2) is 0 Å². The monoisotopic (exact) mass is 318 g/mol. The van der Waals surface area contributed by atoms with Crippen molar-refractivity contribution in [3.63, 3.8) is 0 Å². The van der Waals surface area contributed by atoms with Gasteiger partial charge in [0.2, 0.25) is 0 Å². The van der Waals surface area contributed by atoms with Crippen molar-refractivity contribution in [1.29, 1.82) is 0 Å². The third kappa shape index (κ3) is 3.03. The Morgan fingerprint density at radius 1 is 1.55 bits per heavy atom. The number of morpholine rings is 1. The van der Waals surface area contributed by atoms with E-state index in [0.717, 1.165) is 0 Å². The summed E-state index contributed by atoms with van der Waals surface area (Å²) in [5, 5.41) is 11.2. The number of rotatable bonds is 3. The molecule has 1 aromatic carbocycles. The number of nitro benzene ring substituents is 1. The highest BCUT2D eigenvalue weighted by Gasteiger charge is 2.31. The fourth-order valence-electron chi connectivity index (χ4n) is 2.04. The summed E-state index contributed by atoms with van der Waals surface area (Å²) in [5.41, 5.74) is -0.293. The van der Waals surface area contributed by atoms with E-state index in [1.165, 1.54) is 23.1 Å². The summed E-state index contributed by atoms with van der Waals surface area (Å²) in [6, 6.07) is 3.71. The molecular weight excluding hydrogens is 307 g/mol. The SMILES string of the molecule is O=C(c1ccc(Cl)cc1[N+](=O)[O-])N1CCOCC1CCl. The van der Waals surface area contributed by atoms with Crippen LogP contribution in [-0.4, -0.2) is 47.4 Å². The zero-order valence-corrected chi connectivity index (χ0v) is 11.9. The number of halogens is 2. The molecule has 0 saturated carbocycles. The number of alkyl halides is 1. The molecule has 6 nitrogen and oxygen atoms in total. The molecule has 1 heterocycles. The minimum Gasteiger partial charge on any atom is -0.377 e. The number of carbonyl (C=O) groups excluding carboxylic acids is 1. The number of ether oxygens (including phenoxy) is 1. The summed E-state index contributed by atoms with van der Waals surface area (Å²) in [7, 11) is 0. The Balaban J connectivity index is 2.35. The van der Waals surface area contributed by atoms with E-state index in [1.807, 2.05) is 0 Å². The second-order valence-corrected chi connectivity index (χ2v) is 5.05. The molecule has 1 atom stereocenters. The van der Waals surface area contributed by atoms with Crippen molar-refractivity contribution in [3.8, 4) is 0 Å². The van der Waals surface area contributed by atoms with Crippen LogP contribution in [-0.2, 0) is 4.74 Å². The van der Waals surface area contributed by atoms with Crippen LogP contribution in [0.5, 0.6) is 0 Å². The Morgan fingerprint density at radius 2 is 2.30 bits per heavy atom. The smallest absolute Gasteiger partial charge is 0.283 e. The molecule has 2 rings (SSSR count). The van der Waals surface area contributed by atoms with Crippen LogP contribution >= 0.6 is 23.2 Å². The average Bonchev–Trinajstić information content (AvgIpc) is 2.46. The van der Waals surface area contributed by atoms with Crippen LogP contribution in [0.1, 0.15) is 10.4 Å². The normalized spacial score (nSPS) is 18.9. The molecule has 1 aromatic rings. The van der Waals surface area contributed by atoms with Crippen molar-refractivity contribution in [1.82, 2.24) is 4.90 Å². The number of hydrogen-bond donors (Lipinski definition) is 0. The van der Waals surface area contributed by atoms with E-state index in [4.69, 9.17) is 27.9 Å². The summed E-state index contributed by atoms with van der Waals surface area (Å²) in [6.45, 7) is 1.08. The molecular formula is C12H12Cl2N2O4. The van der Waals surface area contributed by atoms with Crippen molar-refractivity contribution in [2.24, 2.45) is 0 Å². The first kappa shape index (κ1) is 15.0. The van der Waals surface area contributed by atoms with Gasteiger partial charge in [-0.2, -0.15) is 0 Å². The Bertz CT molecular complexity index is 538. The minimum atomic E-state index is -0.616. The van der Waals surface area contributed by atoms with Crippen molar-refractivity contribution in [2.75, 3.05) is 25.6 Å². The molecule has 0 aromatic heterocycles. The van der Waals surface area contributed by atoms with E-state index in [-0.39, 0.29) is 28.2 Å². The number of amides is 1. The molecule has 1 amide bonds. The summed E-state index contributed by atoms with van der Waals surface area (Å²) in [6.07, 6.45) is 0. The van der Waals surface area contributed by atoms with Gasteiger partial charge in [-0.3, -0.25) is 14.9 Å². The van der Waals surface area contributed by atoms with E-state index in [2.05, 4.69) is 0 Å². The maximum absolute atomic E-state index is 12.5. The molecule has 8 heteroatoms. The second kappa shape index (κ2) is 6.39. The zero-order chi connectivity index (χ0) is 14.7. The highest BCUT2D eigenvalue weighted by atomic mass is 35.5. The lowest BCUT2D eigenvalue weighted by atomic mass is 10.1. The zero-order valence-electron chi connectivity index (χ0n) is 10.4. The first-order valence-corrected chi connectivity index (χ1v) is 6.84. The molecule has 20 heavy (non-hydrogen) atoms. The molecule has 1 fully saturated rings. The summed E-state index contributed by atoms with van der Waals surface area (Å²) < 4.78 is 5.25. The Hall–Kier alpha value is -1.37. The topological polar surface area (TPSA) is 72.7 Å². The van der Waals surface area contributed by atoms with Gasteiger partial charge in [-0.25, -0.2) is 0 Å². The Labute approximate surface area is 125 Å². The van der Waals surface area contributed by atoms with E-state index in [0.29, 0.717) is 19.8 Å². The van der Waals surface area contributed by atoms with Gasteiger partial charge >= 0.3 is 0 Å². The molecule has 1 aliphatic rings. The van der Waals surface area contributed by atoms with Crippen molar-refractivity contribution in [2.45, 2.75) is 6.04 Å². The molecule has 1 unspecified atom stereocenters. The van der Waals surface area contributed by atoms with Gasteiger partial charge in [0, 0.05) is 23.5 Å². The van der Waals surface area contributed by atoms with Gasteiger partial charge in [-0.05, 0) is 12.1 Å². The molecule has 0 bridgehead atoms. The van der Waals surface area contributed by atoms with Crippen LogP contribution in [0.2, 0.25) is 5.02 Å². The summed E-state index contributed by atoms with van der Waals surface area (Å²) in [5.74, 6) is -0.213. The highest BCUT2D eigenvalue weighted by Crippen LogP contribution is 2.25. The lowest BCUT2D eigenvalue weighted by molar-refractivity contribution is -0.385. The maximum Gasteiger partial charge on any atom is 0.283 e. The van der Waals surface area contributed by atoms with Gasteiger partial charge in [0.1, 0.15) is 5.56 Å². The molecule has 0 aliphatic carbocycles. The molecule has 108 valence electrons. The maximum atomic E-state index is 12.5. The summed E-state index contributed by atoms with van der Waals surface area (Å²) in [4.78, 5) is 24.4. The van der Waals surface area contributed by atoms with Crippen LogP contribution in [0.25, 0.3) is 0 Å². The number of hydrogen-bond acceptors (Lipinski definition) is 4. The summed E-state index contributed by atoms with van der Waals surface area (Å²) >= 11 is 11.5. The van der Waals surface area contributed by atoms with E-state index in [9.17, 15) is 14.9 Å².